The molecule has 72 heavy (non-hydrogen) atoms. The number of ketones is 2. The minimum Gasteiger partial charge on any atom is -0.454 e. The van der Waals surface area contributed by atoms with Crippen LogP contribution in [-0.4, -0.2) is 60.2 Å². The number of hydrogen-bond acceptors (Lipinski definition) is 23. The molecule has 0 saturated carbocycles. The Morgan fingerprint density at radius 2 is 1.40 bits per heavy atom. The molecule has 0 fully saturated rings. The molecule has 2 aromatic heterocycles. The third-order valence-corrected chi connectivity index (χ3v) is 13.2. The first-order valence-electron chi connectivity index (χ1n) is 20.0. The van der Waals surface area contributed by atoms with E-state index in [0.717, 1.165) is 11.6 Å². The second-order valence-corrected chi connectivity index (χ2v) is 18.3. The first-order valence-corrected chi connectivity index (χ1v) is 23.7. The van der Waals surface area contributed by atoms with Gasteiger partial charge in [0.1, 0.15) is 16.6 Å². The van der Waals surface area contributed by atoms with Crippen molar-refractivity contribution >= 4 is 91.7 Å². The van der Waals surface area contributed by atoms with Gasteiger partial charge in [-0.3, -0.25) is 18.9 Å². The third-order valence-electron chi connectivity index (χ3n) is 10.5. The van der Waals surface area contributed by atoms with E-state index in [1.54, 1.807) is 42.5 Å². The van der Waals surface area contributed by atoms with Crippen molar-refractivity contribution in [3.8, 4) is 33.8 Å². The van der Waals surface area contributed by atoms with Gasteiger partial charge in [-0.2, -0.15) is 8.42 Å². The third kappa shape index (κ3) is 11.0. The number of nitrogens with zero attached hydrogens (tertiary/aromatic N) is 3. The van der Waals surface area contributed by atoms with E-state index in [0.29, 0.717) is 46.6 Å². The smallest absolute Gasteiger partial charge is 0.296 e. The summed E-state index contributed by atoms with van der Waals surface area (Å²) < 4.78 is 57.0. The zero-order chi connectivity index (χ0) is 49.8. The molecule has 1 aliphatic carbocycles. The average Bonchev–Trinajstić information content (AvgIpc) is 3.36. The topological polar surface area (TPSA) is 309 Å². The maximum atomic E-state index is 15.1. The van der Waals surface area contributed by atoms with Gasteiger partial charge in [0.2, 0.25) is 0 Å². The van der Waals surface area contributed by atoms with E-state index in [4.69, 9.17) is 18.7 Å². The van der Waals surface area contributed by atoms with Crippen LogP contribution in [0.25, 0.3) is 33.2 Å². The minimum atomic E-state index is -5.05. The van der Waals surface area contributed by atoms with Crippen LogP contribution in [0.4, 0.5) is 23.0 Å². The maximum Gasteiger partial charge on any atom is 0.296 e. The molecular formula is C45H29N6O16S4Y-. The van der Waals surface area contributed by atoms with Gasteiger partial charge in [0.05, 0.1) is 79.6 Å². The van der Waals surface area contributed by atoms with Crippen molar-refractivity contribution in [2.24, 2.45) is 0 Å². The van der Waals surface area contributed by atoms with E-state index in [1.807, 2.05) is 30.3 Å². The number of benzene rings is 6. The fourth-order valence-electron chi connectivity index (χ4n) is 7.67. The van der Waals surface area contributed by atoms with Crippen LogP contribution in [0.2, 0.25) is 0 Å². The predicted octanol–water partition coefficient (Wildman–Crippen LogP) is 9.74. The Hall–Kier alpha value is -6.02. The zero-order valence-electron chi connectivity index (χ0n) is 36.2. The summed E-state index contributed by atoms with van der Waals surface area (Å²) in [6, 6.07) is 29.9. The molecule has 0 atom stereocenters. The Balaban J connectivity index is 0.00000693. The molecule has 1 aliphatic rings. The zero-order valence-corrected chi connectivity index (χ0v) is 42.3. The predicted molar refractivity (Wildman–Crippen MR) is 253 cm³/mol. The first-order chi connectivity index (χ1) is 34.4. The summed E-state index contributed by atoms with van der Waals surface area (Å²) in [6.45, 7) is 1.53. The maximum absolute atomic E-state index is 15.1. The molecule has 0 aliphatic heterocycles. The van der Waals surface area contributed by atoms with Gasteiger partial charge < -0.3 is 35.3 Å². The van der Waals surface area contributed by atoms with Crippen molar-refractivity contribution in [2.45, 2.75) is 26.5 Å². The van der Waals surface area contributed by atoms with Gasteiger partial charge in [-0.1, -0.05) is 94.8 Å². The molecule has 9 rings (SSSR count). The Labute approximate surface area is 443 Å². The molecule has 7 N–H and O–H groups in total. The van der Waals surface area contributed by atoms with Crippen molar-refractivity contribution in [1.29, 1.82) is 0 Å². The van der Waals surface area contributed by atoms with Crippen molar-refractivity contribution in [3.63, 3.8) is 0 Å². The molecule has 27 heteroatoms. The summed E-state index contributed by atoms with van der Waals surface area (Å²) in [5.74, 6) is -1.44. The van der Waals surface area contributed by atoms with Crippen LogP contribution in [-0.2, 0) is 70.9 Å². The molecule has 22 nitrogen and oxygen atoms in total. The van der Waals surface area contributed by atoms with Gasteiger partial charge in [-0.25, -0.2) is 15.8 Å². The van der Waals surface area contributed by atoms with Crippen molar-refractivity contribution < 1.29 is 104 Å². The summed E-state index contributed by atoms with van der Waals surface area (Å²) in [5, 5.41) is 44.5. The van der Waals surface area contributed by atoms with Crippen molar-refractivity contribution in [2.75, 3.05) is 10.6 Å². The van der Waals surface area contributed by atoms with Crippen LogP contribution in [0.15, 0.2) is 140 Å². The van der Waals surface area contributed by atoms with Crippen LogP contribution >= 0.6 is 36.1 Å². The standard InChI is InChI=1S/C45H29N6O16S4.Y/c1-22-46-21-47-45(48-22)50-30-18-29(34(69-66-63-56)20-36(30)71(58,59)60)49-31-19-33(61-32-15-14-24(17-35(32)70-67-64-57)23-8-3-2-4-9-23)41-39-37(27-12-5-6-13-28(27)43(53)38(31)39)40(44(54)51-41)42(52)25-10-7-11-26(16-25)68-65-62-55;/h2-20,49,55-57H,1H3,(H,51,54)(H,58,59,60)(H,46,47,48,50);/q-1;. The number of rotatable bonds is 19. The average molecular weight is 1130 g/mol. The molecule has 0 spiro atoms. The molecule has 363 valence electrons. The molecule has 0 unspecified atom stereocenters. The number of pyridine rings is 1. The van der Waals surface area contributed by atoms with Gasteiger partial charge >= 0.3 is 0 Å². The Morgan fingerprint density at radius 1 is 0.694 bits per heavy atom. The van der Waals surface area contributed by atoms with Crippen LogP contribution in [0.1, 0.15) is 37.7 Å². The normalized spacial score (nSPS) is 11.8. The molecule has 6 aromatic carbocycles. The Kier molecular flexibility index (Phi) is 16.6. The van der Waals surface area contributed by atoms with E-state index >= 15 is 4.79 Å². The van der Waals surface area contributed by atoms with Crippen molar-refractivity contribution in [3.05, 3.63) is 160 Å². The second kappa shape index (κ2) is 22.8. The number of carbonyl (C=O) groups excluding carboxylic acids is 2. The minimum absolute atomic E-state index is 0. The summed E-state index contributed by atoms with van der Waals surface area (Å²) in [7, 11) is -5.05. The number of ether oxygens (including phenoxy) is 1. The largest absolute Gasteiger partial charge is 0.454 e. The first kappa shape index (κ1) is 52.3. The van der Waals surface area contributed by atoms with E-state index in [9.17, 15) is 33.1 Å². The van der Waals surface area contributed by atoms with E-state index in [-0.39, 0.29) is 122 Å². The molecular weight excluding hydrogens is 1100 g/mol. The number of aromatic amines is 1. The number of nitrogens with one attached hydrogen (secondary N) is 3. The summed E-state index contributed by atoms with van der Waals surface area (Å²) >= 11 is 1.44. The fourth-order valence-corrected chi connectivity index (χ4v) is 9.76. The quantitative estimate of drug-likeness (QED) is 0.00989. The van der Waals surface area contributed by atoms with E-state index in [2.05, 4.69) is 56.3 Å². The SMILES string of the molecule is Cc1n[c-]nc(Nc2cc(Nc3cc(Oc4ccc(-c5ccccc5)cc4SOOO)c4[nH]c(=O)c(C(=O)c5cccc(SOOO)c5)c5c4c3C(=O)c3ccccc3-5)c(SOOO)cc2S(=O)(=O)O)n1.[Y]. The van der Waals surface area contributed by atoms with Gasteiger partial charge in [0, 0.05) is 77.9 Å². The fraction of sp³-hybridized carbons (Fsp3) is 0.0222. The molecule has 0 saturated heterocycles. The summed E-state index contributed by atoms with van der Waals surface area (Å²) in [4.78, 5) is 58.8. The van der Waals surface area contributed by atoms with E-state index in [1.165, 1.54) is 43.3 Å². The van der Waals surface area contributed by atoms with Gasteiger partial charge in [-0.05, 0) is 53.1 Å². The number of H-pyrrole nitrogens is 1. The van der Waals surface area contributed by atoms with Crippen LogP contribution in [0.5, 0.6) is 11.5 Å². The summed E-state index contributed by atoms with van der Waals surface area (Å²) in [6.07, 6.45) is 2.38. The number of fused-ring (bicyclic) bond motifs is 2. The monoisotopic (exact) mass is 1130 g/mol. The molecule has 2 heterocycles. The number of anilines is 4. The Bertz CT molecular complexity index is 3580. The molecule has 0 bridgehead atoms. The second-order valence-electron chi connectivity index (χ2n) is 14.7. The molecule has 0 amide bonds. The Morgan fingerprint density at radius 3 is 2.12 bits per heavy atom. The van der Waals surface area contributed by atoms with Crippen LogP contribution in [0, 0.1) is 13.3 Å². The summed E-state index contributed by atoms with van der Waals surface area (Å²) in [5.41, 5.74) is -0.149. The molecule has 8 aromatic rings. The number of aryl methyl sites for hydroxylation is 1. The van der Waals surface area contributed by atoms with Crippen molar-refractivity contribution in [1.82, 2.24) is 19.9 Å². The van der Waals surface area contributed by atoms with Crippen LogP contribution < -0.4 is 20.9 Å². The molecule has 1 radical (unpaired) electrons. The van der Waals surface area contributed by atoms with Gasteiger partial charge in [-0.15, -0.1) is 13.0 Å². The number of hydrogen-bond donors (Lipinski definition) is 7. The number of aromatic nitrogens is 4. The van der Waals surface area contributed by atoms with Gasteiger partial charge in [0.25, 0.3) is 15.7 Å². The van der Waals surface area contributed by atoms with Crippen LogP contribution in [0.3, 0.4) is 0 Å². The van der Waals surface area contributed by atoms with E-state index < -0.39 is 37.7 Å². The number of carbonyl (C=O) groups is 2. The van der Waals surface area contributed by atoms with Gasteiger partial charge in [0.15, 0.2) is 17.3 Å².